The topological polar surface area (TPSA) is 62.6 Å². The molecule has 1 aliphatic heterocycles. The van der Waals surface area contributed by atoms with Crippen molar-refractivity contribution in [3.63, 3.8) is 0 Å². The Balaban J connectivity index is 1.39. The van der Waals surface area contributed by atoms with Crippen molar-refractivity contribution in [2.75, 3.05) is 13.1 Å². The lowest BCUT2D eigenvalue weighted by atomic mass is 10.1. The Labute approximate surface area is 128 Å². The molecule has 2 aromatic rings. The van der Waals surface area contributed by atoms with Crippen molar-refractivity contribution >= 4 is 22.8 Å². The molecule has 4 rings (SSSR count). The van der Waals surface area contributed by atoms with Crippen molar-refractivity contribution in [2.24, 2.45) is 5.92 Å². The number of fused-ring (bicyclic) bond motifs is 1. The normalized spacial score (nSPS) is 21.5. The van der Waals surface area contributed by atoms with Crippen LogP contribution in [0, 0.1) is 5.92 Å². The van der Waals surface area contributed by atoms with Crippen LogP contribution in [0.5, 0.6) is 0 Å². The first-order valence-electron chi connectivity index (χ1n) is 7.76. The molecule has 0 radical (unpaired) electrons. The van der Waals surface area contributed by atoms with Crippen molar-refractivity contribution in [1.82, 2.24) is 10.2 Å². The third-order valence-corrected chi connectivity index (χ3v) is 4.50. The van der Waals surface area contributed by atoms with E-state index in [4.69, 9.17) is 4.42 Å². The van der Waals surface area contributed by atoms with Gasteiger partial charge in [-0.3, -0.25) is 9.59 Å². The molecule has 1 unspecified atom stereocenters. The van der Waals surface area contributed by atoms with E-state index in [-0.39, 0.29) is 17.7 Å². The van der Waals surface area contributed by atoms with E-state index in [0.29, 0.717) is 30.2 Å². The van der Waals surface area contributed by atoms with Crippen molar-refractivity contribution in [3.05, 3.63) is 36.1 Å². The van der Waals surface area contributed by atoms with Gasteiger partial charge in [0.05, 0.1) is 5.56 Å². The van der Waals surface area contributed by atoms with Gasteiger partial charge in [0, 0.05) is 36.9 Å². The van der Waals surface area contributed by atoms with E-state index in [1.54, 1.807) is 0 Å². The molecule has 114 valence electrons. The molecule has 2 aliphatic rings. The van der Waals surface area contributed by atoms with Crippen LogP contribution in [0.2, 0.25) is 0 Å². The van der Waals surface area contributed by atoms with E-state index in [0.717, 1.165) is 24.8 Å². The molecule has 0 bridgehead atoms. The standard InChI is InChI=1S/C17H18N2O3/c20-16-7-11(9-19(16)12-5-6-12)8-18-17(21)14-10-22-15-4-2-1-3-13(14)15/h1-4,10-12H,5-9H2,(H,18,21). The largest absolute Gasteiger partial charge is 0.463 e. The van der Waals surface area contributed by atoms with Gasteiger partial charge < -0.3 is 14.6 Å². The average molecular weight is 298 g/mol. The number of hydrogen-bond acceptors (Lipinski definition) is 3. The number of benzene rings is 1. The Hall–Kier alpha value is -2.30. The lowest BCUT2D eigenvalue weighted by Gasteiger charge is -2.15. The first-order valence-corrected chi connectivity index (χ1v) is 7.76. The molecule has 2 heterocycles. The third kappa shape index (κ3) is 2.36. The second-order valence-electron chi connectivity index (χ2n) is 6.20. The zero-order valence-corrected chi connectivity index (χ0v) is 12.2. The van der Waals surface area contributed by atoms with E-state index in [1.807, 2.05) is 29.2 Å². The van der Waals surface area contributed by atoms with Gasteiger partial charge in [0.15, 0.2) is 0 Å². The summed E-state index contributed by atoms with van der Waals surface area (Å²) in [6, 6.07) is 7.95. The first kappa shape index (κ1) is 13.4. The van der Waals surface area contributed by atoms with Crippen molar-refractivity contribution < 1.29 is 14.0 Å². The summed E-state index contributed by atoms with van der Waals surface area (Å²) in [7, 11) is 0. The van der Waals surface area contributed by atoms with Gasteiger partial charge in [0.25, 0.3) is 5.91 Å². The molecule has 1 saturated carbocycles. The van der Waals surface area contributed by atoms with E-state index in [1.165, 1.54) is 6.26 Å². The predicted molar refractivity (Wildman–Crippen MR) is 81.4 cm³/mol. The Morgan fingerprint density at radius 3 is 2.95 bits per heavy atom. The maximum Gasteiger partial charge on any atom is 0.255 e. The van der Waals surface area contributed by atoms with Crippen LogP contribution < -0.4 is 5.32 Å². The van der Waals surface area contributed by atoms with Crippen LogP contribution in [0.3, 0.4) is 0 Å². The first-order chi connectivity index (χ1) is 10.7. The fraction of sp³-hybridized carbons (Fsp3) is 0.412. The van der Waals surface area contributed by atoms with Gasteiger partial charge >= 0.3 is 0 Å². The number of amides is 2. The fourth-order valence-corrected chi connectivity index (χ4v) is 3.17. The highest BCUT2D eigenvalue weighted by Gasteiger charge is 2.39. The van der Waals surface area contributed by atoms with Crippen molar-refractivity contribution in [3.8, 4) is 0 Å². The van der Waals surface area contributed by atoms with Crippen molar-refractivity contribution in [1.29, 1.82) is 0 Å². The lowest BCUT2D eigenvalue weighted by molar-refractivity contribution is -0.128. The van der Waals surface area contributed by atoms with E-state index < -0.39 is 0 Å². The highest BCUT2D eigenvalue weighted by molar-refractivity contribution is 6.05. The number of nitrogens with zero attached hydrogens (tertiary/aromatic N) is 1. The number of hydrogen-bond donors (Lipinski definition) is 1. The molecule has 2 amide bonds. The minimum atomic E-state index is -0.137. The molecule has 22 heavy (non-hydrogen) atoms. The Bertz CT molecular complexity index is 732. The summed E-state index contributed by atoms with van der Waals surface area (Å²) < 4.78 is 5.39. The van der Waals surface area contributed by atoms with E-state index in [2.05, 4.69) is 5.32 Å². The molecule has 1 aromatic carbocycles. The number of para-hydroxylation sites is 1. The summed E-state index contributed by atoms with van der Waals surface area (Å²) in [6.45, 7) is 1.31. The second kappa shape index (κ2) is 5.16. The number of carbonyl (C=O) groups is 2. The van der Waals surface area contributed by atoms with Crippen LogP contribution in [0.1, 0.15) is 29.6 Å². The Morgan fingerprint density at radius 2 is 2.14 bits per heavy atom. The highest BCUT2D eigenvalue weighted by atomic mass is 16.3. The van der Waals surface area contributed by atoms with Crippen LogP contribution in [0.25, 0.3) is 11.0 Å². The van der Waals surface area contributed by atoms with Crippen LogP contribution in [0.15, 0.2) is 34.9 Å². The van der Waals surface area contributed by atoms with Crippen LogP contribution in [-0.2, 0) is 4.79 Å². The fourth-order valence-electron chi connectivity index (χ4n) is 3.17. The van der Waals surface area contributed by atoms with Crippen LogP contribution >= 0.6 is 0 Å². The number of likely N-dealkylation sites (tertiary alicyclic amines) is 1. The number of nitrogens with one attached hydrogen (secondary N) is 1. The summed E-state index contributed by atoms with van der Waals surface area (Å²) in [4.78, 5) is 26.2. The van der Waals surface area contributed by atoms with Gasteiger partial charge in [-0.05, 0) is 18.9 Å². The van der Waals surface area contributed by atoms with E-state index >= 15 is 0 Å². The molecule has 1 aromatic heterocycles. The van der Waals surface area contributed by atoms with Crippen LogP contribution in [-0.4, -0.2) is 35.8 Å². The Morgan fingerprint density at radius 1 is 1.32 bits per heavy atom. The highest BCUT2D eigenvalue weighted by Crippen LogP contribution is 2.32. The molecular formula is C17H18N2O3. The zero-order chi connectivity index (χ0) is 15.1. The van der Waals surface area contributed by atoms with Crippen LogP contribution in [0.4, 0.5) is 0 Å². The molecule has 5 heteroatoms. The molecule has 1 saturated heterocycles. The molecule has 1 atom stereocenters. The smallest absolute Gasteiger partial charge is 0.255 e. The molecule has 0 spiro atoms. The maximum absolute atomic E-state index is 12.3. The quantitative estimate of drug-likeness (QED) is 0.941. The van der Waals surface area contributed by atoms with E-state index in [9.17, 15) is 9.59 Å². The summed E-state index contributed by atoms with van der Waals surface area (Å²) in [5, 5.41) is 3.76. The van der Waals surface area contributed by atoms with Gasteiger partial charge in [-0.2, -0.15) is 0 Å². The number of carbonyl (C=O) groups excluding carboxylic acids is 2. The average Bonchev–Trinajstić information content (AvgIpc) is 3.16. The summed E-state index contributed by atoms with van der Waals surface area (Å²) >= 11 is 0. The minimum absolute atomic E-state index is 0.137. The number of rotatable bonds is 4. The van der Waals surface area contributed by atoms with Crippen molar-refractivity contribution in [2.45, 2.75) is 25.3 Å². The molecule has 2 fully saturated rings. The van der Waals surface area contributed by atoms with Gasteiger partial charge in [0.2, 0.25) is 5.91 Å². The predicted octanol–water partition coefficient (Wildman–Crippen LogP) is 2.17. The lowest BCUT2D eigenvalue weighted by Crippen LogP contribution is -2.31. The molecule has 5 nitrogen and oxygen atoms in total. The maximum atomic E-state index is 12.3. The molecule has 1 aliphatic carbocycles. The van der Waals surface area contributed by atoms with Gasteiger partial charge in [-0.15, -0.1) is 0 Å². The SMILES string of the molecule is O=C(NCC1CC(=O)N(C2CC2)C1)c1coc2ccccc12. The summed E-state index contributed by atoms with van der Waals surface area (Å²) in [5.74, 6) is 0.313. The van der Waals surface area contributed by atoms with Gasteiger partial charge in [-0.25, -0.2) is 0 Å². The summed E-state index contributed by atoms with van der Waals surface area (Å²) in [5.41, 5.74) is 1.27. The third-order valence-electron chi connectivity index (χ3n) is 4.50. The molecule has 1 N–H and O–H groups in total. The monoisotopic (exact) mass is 298 g/mol. The Kier molecular flexibility index (Phi) is 3.13. The molecular weight excluding hydrogens is 280 g/mol. The number of furan rings is 1. The summed E-state index contributed by atoms with van der Waals surface area (Å²) in [6.07, 6.45) is 4.30. The second-order valence-corrected chi connectivity index (χ2v) is 6.20. The zero-order valence-electron chi connectivity index (χ0n) is 12.2. The minimum Gasteiger partial charge on any atom is -0.463 e. The van der Waals surface area contributed by atoms with Gasteiger partial charge in [-0.1, -0.05) is 18.2 Å². The van der Waals surface area contributed by atoms with Gasteiger partial charge in [0.1, 0.15) is 11.8 Å².